The lowest BCUT2D eigenvalue weighted by Crippen LogP contribution is -2.45. The average Bonchev–Trinajstić information content (AvgIpc) is 2.86. The summed E-state index contributed by atoms with van der Waals surface area (Å²) in [4.78, 5) is 15.6. The first-order valence-corrected chi connectivity index (χ1v) is 10.2. The number of benzene rings is 1. The third-order valence-corrected chi connectivity index (χ3v) is 5.85. The normalized spacial score (nSPS) is 21.5. The van der Waals surface area contributed by atoms with Crippen molar-refractivity contribution in [1.29, 1.82) is 0 Å². The lowest BCUT2D eigenvalue weighted by Gasteiger charge is -2.34. The van der Waals surface area contributed by atoms with Crippen LogP contribution in [0.25, 0.3) is 0 Å². The van der Waals surface area contributed by atoms with Gasteiger partial charge in [0.05, 0.1) is 13.2 Å². The van der Waals surface area contributed by atoms with Gasteiger partial charge in [0.25, 0.3) is 0 Å². The van der Waals surface area contributed by atoms with E-state index in [4.69, 9.17) is 15.2 Å². The van der Waals surface area contributed by atoms with Crippen LogP contribution in [0.1, 0.15) is 32.6 Å². The minimum atomic E-state index is 0.159. The van der Waals surface area contributed by atoms with Crippen LogP contribution in [0, 0.1) is 5.92 Å². The molecule has 0 aromatic heterocycles. The fourth-order valence-electron chi connectivity index (χ4n) is 3.31. The third kappa shape index (κ3) is 5.05. The van der Waals surface area contributed by atoms with Gasteiger partial charge < -0.3 is 20.1 Å². The van der Waals surface area contributed by atoms with Crippen LogP contribution in [0.3, 0.4) is 0 Å². The number of fused-ring (bicyclic) bond motifs is 1. The molecule has 3 rings (SSSR count). The predicted molar refractivity (Wildman–Crippen MR) is 100 cm³/mol. The molecule has 25 heavy (non-hydrogen) atoms. The third-order valence-electron chi connectivity index (χ3n) is 4.86. The number of hydrogen-bond donors (Lipinski definition) is 1. The van der Waals surface area contributed by atoms with E-state index in [0.29, 0.717) is 25.6 Å². The molecule has 0 radical (unpaired) electrons. The fraction of sp³-hybridized carbons (Fsp3) is 0.632. The van der Waals surface area contributed by atoms with Crippen molar-refractivity contribution in [3.63, 3.8) is 0 Å². The maximum Gasteiger partial charge on any atom is 0.223 e. The summed E-state index contributed by atoms with van der Waals surface area (Å²) in [7, 11) is 0. The van der Waals surface area contributed by atoms with Crippen molar-refractivity contribution in [2.75, 3.05) is 32.1 Å². The van der Waals surface area contributed by atoms with E-state index in [2.05, 4.69) is 0 Å². The molecular weight excluding hydrogens is 336 g/mol. The van der Waals surface area contributed by atoms with Gasteiger partial charge in [0.15, 0.2) is 11.5 Å². The second-order valence-corrected chi connectivity index (χ2v) is 8.03. The molecule has 1 fully saturated rings. The van der Waals surface area contributed by atoms with E-state index in [1.54, 1.807) is 11.8 Å². The molecular formula is C19H28N2O3S. The molecule has 2 atom stereocenters. The van der Waals surface area contributed by atoms with E-state index in [9.17, 15) is 4.79 Å². The number of amides is 1. The maximum atomic E-state index is 12.5. The van der Waals surface area contributed by atoms with Crippen LogP contribution in [-0.2, 0) is 4.79 Å². The molecule has 2 heterocycles. The minimum absolute atomic E-state index is 0.159. The van der Waals surface area contributed by atoms with Gasteiger partial charge in [-0.1, -0.05) is 0 Å². The van der Waals surface area contributed by atoms with Crippen LogP contribution in [0.4, 0.5) is 0 Å². The summed E-state index contributed by atoms with van der Waals surface area (Å²) in [5.41, 5.74) is 6.01. The van der Waals surface area contributed by atoms with Gasteiger partial charge in [-0.05, 0) is 43.9 Å². The maximum absolute atomic E-state index is 12.5. The number of rotatable bonds is 5. The number of ether oxygens (including phenoxy) is 2. The molecule has 2 aliphatic heterocycles. The Morgan fingerprint density at radius 1 is 1.32 bits per heavy atom. The first-order valence-electron chi connectivity index (χ1n) is 9.19. The zero-order chi connectivity index (χ0) is 17.6. The quantitative estimate of drug-likeness (QED) is 0.814. The predicted octanol–water partition coefficient (Wildman–Crippen LogP) is 2.92. The van der Waals surface area contributed by atoms with Crippen molar-refractivity contribution in [2.24, 2.45) is 11.7 Å². The first kappa shape index (κ1) is 18.4. The molecule has 2 aliphatic rings. The topological polar surface area (TPSA) is 64.8 Å². The molecule has 0 aliphatic carbocycles. The number of carbonyl (C=O) groups excluding carboxylic acids is 1. The average molecular weight is 365 g/mol. The largest absolute Gasteiger partial charge is 0.490 e. The number of hydrogen-bond acceptors (Lipinski definition) is 5. The van der Waals surface area contributed by atoms with E-state index in [-0.39, 0.29) is 11.9 Å². The number of carbonyl (C=O) groups is 1. The van der Waals surface area contributed by atoms with Gasteiger partial charge in [-0.25, -0.2) is 0 Å². The van der Waals surface area contributed by atoms with Crippen molar-refractivity contribution in [3.05, 3.63) is 18.2 Å². The number of piperidine rings is 1. The molecule has 1 aromatic rings. The highest BCUT2D eigenvalue weighted by Crippen LogP contribution is 2.34. The zero-order valence-electron chi connectivity index (χ0n) is 14.9. The van der Waals surface area contributed by atoms with Crippen LogP contribution in [-0.4, -0.2) is 48.9 Å². The van der Waals surface area contributed by atoms with Crippen molar-refractivity contribution < 1.29 is 14.3 Å². The Labute approximate surface area is 154 Å². The number of likely N-dealkylation sites (tertiary alicyclic amines) is 1. The van der Waals surface area contributed by atoms with Gasteiger partial charge >= 0.3 is 0 Å². The van der Waals surface area contributed by atoms with E-state index in [1.165, 1.54) is 0 Å². The summed E-state index contributed by atoms with van der Waals surface area (Å²) in [6.07, 6.45) is 3.66. The van der Waals surface area contributed by atoms with Gasteiger partial charge in [0.1, 0.15) is 0 Å². The second kappa shape index (κ2) is 8.81. The van der Waals surface area contributed by atoms with Gasteiger partial charge in [0, 0.05) is 42.6 Å². The second-order valence-electron chi connectivity index (χ2n) is 6.86. The Bertz CT molecular complexity index is 594. The van der Waals surface area contributed by atoms with Gasteiger partial charge in [-0.3, -0.25) is 4.79 Å². The Kier molecular flexibility index (Phi) is 6.48. The van der Waals surface area contributed by atoms with E-state index < -0.39 is 0 Å². The van der Waals surface area contributed by atoms with Crippen LogP contribution >= 0.6 is 11.8 Å². The molecule has 138 valence electrons. The molecule has 1 saturated heterocycles. The minimum Gasteiger partial charge on any atom is -0.490 e. The number of nitrogens with zero attached hydrogens (tertiary/aromatic N) is 1. The summed E-state index contributed by atoms with van der Waals surface area (Å²) >= 11 is 1.69. The van der Waals surface area contributed by atoms with E-state index in [1.807, 2.05) is 30.0 Å². The van der Waals surface area contributed by atoms with Gasteiger partial charge in [-0.2, -0.15) is 0 Å². The van der Waals surface area contributed by atoms with E-state index >= 15 is 0 Å². The standard InChI is InChI=1S/C19H28N2O3S/c1-14(20)15-4-2-8-21(13-15)19(22)7-11-25-16-5-6-17-18(12-16)24-10-3-9-23-17/h5-6,12,14-15H,2-4,7-11,13,20H2,1H3. The summed E-state index contributed by atoms with van der Waals surface area (Å²) in [5, 5.41) is 0. The summed E-state index contributed by atoms with van der Waals surface area (Å²) in [5.74, 6) is 3.08. The van der Waals surface area contributed by atoms with Crippen molar-refractivity contribution in [2.45, 2.75) is 43.5 Å². The van der Waals surface area contributed by atoms with Gasteiger partial charge in [-0.15, -0.1) is 11.8 Å². The van der Waals surface area contributed by atoms with Crippen LogP contribution in [0.15, 0.2) is 23.1 Å². The molecule has 1 amide bonds. The molecule has 0 bridgehead atoms. The van der Waals surface area contributed by atoms with Crippen LogP contribution in [0.2, 0.25) is 0 Å². The van der Waals surface area contributed by atoms with Crippen LogP contribution in [0.5, 0.6) is 11.5 Å². The van der Waals surface area contributed by atoms with Crippen molar-refractivity contribution in [3.8, 4) is 11.5 Å². The van der Waals surface area contributed by atoms with E-state index in [0.717, 1.165) is 54.5 Å². The smallest absolute Gasteiger partial charge is 0.223 e. The Balaban J connectivity index is 1.47. The molecule has 5 nitrogen and oxygen atoms in total. The SMILES string of the molecule is CC(N)C1CCCN(C(=O)CCSc2ccc3c(c2)OCCCO3)C1. The highest BCUT2D eigenvalue weighted by molar-refractivity contribution is 7.99. The number of thioether (sulfide) groups is 1. The fourth-order valence-corrected chi connectivity index (χ4v) is 4.18. The molecule has 2 unspecified atom stereocenters. The molecule has 6 heteroatoms. The zero-order valence-corrected chi connectivity index (χ0v) is 15.7. The lowest BCUT2D eigenvalue weighted by molar-refractivity contribution is -0.132. The molecule has 1 aromatic carbocycles. The molecule has 2 N–H and O–H groups in total. The lowest BCUT2D eigenvalue weighted by atomic mass is 9.92. The Morgan fingerprint density at radius 3 is 2.92 bits per heavy atom. The van der Waals surface area contributed by atoms with Crippen molar-refractivity contribution >= 4 is 17.7 Å². The van der Waals surface area contributed by atoms with Crippen molar-refractivity contribution in [1.82, 2.24) is 4.90 Å². The first-order chi connectivity index (χ1) is 12.1. The summed E-state index contributed by atoms with van der Waals surface area (Å²) in [6, 6.07) is 6.17. The monoisotopic (exact) mass is 364 g/mol. The van der Waals surface area contributed by atoms with Gasteiger partial charge in [0.2, 0.25) is 5.91 Å². The molecule has 0 saturated carbocycles. The Morgan fingerprint density at radius 2 is 2.12 bits per heavy atom. The highest BCUT2D eigenvalue weighted by atomic mass is 32.2. The Hall–Kier alpha value is -1.40. The van der Waals surface area contributed by atoms with Crippen LogP contribution < -0.4 is 15.2 Å². The summed E-state index contributed by atoms with van der Waals surface area (Å²) in [6.45, 7) is 5.11. The molecule has 0 spiro atoms. The highest BCUT2D eigenvalue weighted by Gasteiger charge is 2.25. The number of nitrogens with two attached hydrogens (primary N) is 1. The summed E-state index contributed by atoms with van der Waals surface area (Å²) < 4.78 is 11.4.